The predicted octanol–water partition coefficient (Wildman–Crippen LogP) is 5.30. The number of hydrogen-bond acceptors (Lipinski definition) is 4. The molecule has 0 spiro atoms. The molecule has 0 unspecified atom stereocenters. The highest BCUT2D eigenvalue weighted by Gasteiger charge is 2.44. The summed E-state index contributed by atoms with van der Waals surface area (Å²) in [4.78, 5) is 13.3. The van der Waals surface area contributed by atoms with Crippen molar-refractivity contribution in [1.29, 1.82) is 0 Å². The van der Waals surface area contributed by atoms with Crippen molar-refractivity contribution in [3.8, 4) is 22.3 Å². The number of nitrogens with two attached hydrogens (primary N) is 1. The van der Waals surface area contributed by atoms with Gasteiger partial charge >= 0.3 is 0 Å². The Kier molecular flexibility index (Phi) is 5.08. The molecule has 3 atom stereocenters. The lowest BCUT2D eigenvalue weighted by atomic mass is 9.92. The zero-order valence-electron chi connectivity index (χ0n) is 17.7. The minimum atomic E-state index is -0.354. The van der Waals surface area contributed by atoms with Gasteiger partial charge in [-0.25, -0.2) is 0 Å². The van der Waals surface area contributed by atoms with Gasteiger partial charge in [-0.1, -0.05) is 42.0 Å². The summed E-state index contributed by atoms with van der Waals surface area (Å²) in [6.45, 7) is 2.98. The van der Waals surface area contributed by atoms with E-state index in [-0.39, 0.29) is 10.6 Å². The van der Waals surface area contributed by atoms with Crippen molar-refractivity contribution >= 4 is 5.69 Å². The Labute approximate surface area is 182 Å². The first kappa shape index (κ1) is 19.9. The molecule has 0 saturated carbocycles. The number of benzene rings is 3. The van der Waals surface area contributed by atoms with Crippen LogP contribution in [0.25, 0.3) is 22.3 Å². The highest BCUT2D eigenvalue weighted by atomic mass is 16.6. The Morgan fingerprint density at radius 2 is 1.65 bits per heavy atom. The third-order valence-electron chi connectivity index (χ3n) is 6.93. The van der Waals surface area contributed by atoms with E-state index >= 15 is 0 Å². The summed E-state index contributed by atoms with van der Waals surface area (Å²) >= 11 is 0. The lowest BCUT2D eigenvalue weighted by Crippen LogP contribution is -2.36. The van der Waals surface area contributed by atoms with Gasteiger partial charge in [-0.15, -0.1) is 0 Å². The Morgan fingerprint density at radius 1 is 0.968 bits per heavy atom. The van der Waals surface area contributed by atoms with Gasteiger partial charge in [-0.05, 0) is 72.2 Å². The van der Waals surface area contributed by atoms with Gasteiger partial charge in [-0.2, -0.15) is 0 Å². The minimum absolute atomic E-state index is 0.111. The van der Waals surface area contributed by atoms with Crippen molar-refractivity contribution < 1.29 is 4.92 Å². The van der Waals surface area contributed by atoms with E-state index in [9.17, 15) is 10.1 Å². The van der Waals surface area contributed by atoms with Crippen molar-refractivity contribution in [1.82, 2.24) is 4.90 Å². The predicted molar refractivity (Wildman–Crippen MR) is 124 cm³/mol. The fourth-order valence-electron chi connectivity index (χ4n) is 5.28. The van der Waals surface area contributed by atoms with Crippen molar-refractivity contribution in [2.45, 2.75) is 50.9 Å². The Hall–Kier alpha value is -3.02. The van der Waals surface area contributed by atoms with Crippen LogP contribution in [0.4, 0.5) is 5.69 Å². The third-order valence-corrected chi connectivity index (χ3v) is 6.93. The monoisotopic (exact) mass is 413 g/mol. The molecule has 0 aromatic heterocycles. The maximum Gasteiger partial charge on any atom is 0.269 e. The van der Waals surface area contributed by atoms with E-state index in [1.807, 2.05) is 12.1 Å². The summed E-state index contributed by atoms with van der Waals surface area (Å²) in [7, 11) is 0. The van der Waals surface area contributed by atoms with Crippen LogP contribution in [-0.2, 0) is 6.54 Å². The van der Waals surface area contributed by atoms with Gasteiger partial charge in [0.05, 0.1) is 4.92 Å². The van der Waals surface area contributed by atoms with E-state index in [0.29, 0.717) is 18.1 Å². The number of nitro benzene ring substituents is 1. The first-order valence-corrected chi connectivity index (χ1v) is 11.0. The topological polar surface area (TPSA) is 72.4 Å². The van der Waals surface area contributed by atoms with Crippen molar-refractivity contribution in [3.63, 3.8) is 0 Å². The number of fused-ring (bicyclic) bond motifs is 2. The zero-order valence-corrected chi connectivity index (χ0v) is 17.7. The molecule has 3 aromatic rings. The Bertz CT molecular complexity index is 1110. The van der Waals surface area contributed by atoms with E-state index in [1.54, 1.807) is 12.1 Å². The molecule has 5 nitrogen and oxygen atoms in total. The van der Waals surface area contributed by atoms with Crippen LogP contribution in [0.15, 0.2) is 66.7 Å². The van der Waals surface area contributed by atoms with Crippen LogP contribution in [0, 0.1) is 17.0 Å². The molecule has 0 aliphatic carbocycles. The molecule has 2 aliphatic rings. The van der Waals surface area contributed by atoms with Gasteiger partial charge in [0.2, 0.25) is 0 Å². The Balaban J connectivity index is 1.54. The maximum atomic E-state index is 11.1. The van der Waals surface area contributed by atoms with Crippen LogP contribution in [0.5, 0.6) is 0 Å². The molecule has 2 bridgehead atoms. The van der Waals surface area contributed by atoms with E-state index in [2.05, 4.69) is 54.3 Å². The number of hydrogen-bond donors (Lipinski definition) is 1. The minimum Gasteiger partial charge on any atom is -0.326 e. The summed E-state index contributed by atoms with van der Waals surface area (Å²) in [5, 5.41) is 11.1. The molecule has 5 rings (SSSR count). The lowest BCUT2D eigenvalue weighted by molar-refractivity contribution is -0.384. The molecular weight excluding hydrogens is 386 g/mol. The van der Waals surface area contributed by atoms with Gasteiger partial charge in [0, 0.05) is 36.8 Å². The summed E-state index contributed by atoms with van der Waals surface area (Å²) in [5.74, 6) is 0. The molecule has 0 radical (unpaired) electrons. The van der Waals surface area contributed by atoms with Crippen LogP contribution in [0.3, 0.4) is 0 Å². The average Bonchev–Trinajstić information content (AvgIpc) is 3.29. The zero-order chi connectivity index (χ0) is 21.5. The van der Waals surface area contributed by atoms with E-state index in [1.165, 1.54) is 24.0 Å². The number of aryl methyl sites for hydroxylation is 1. The van der Waals surface area contributed by atoms with E-state index in [0.717, 1.165) is 35.2 Å². The quantitative estimate of drug-likeness (QED) is 0.455. The standard InChI is InChI=1S/C26H27N3O2/c1-17-2-5-19(6-3-17)23-12-4-18(16-28-22-11-13-26(28)25(27)15-22)14-24(23)20-7-9-21(10-8-20)29(30)31/h2-10,12,14,22,25-26H,11,13,15-16,27H2,1H3/t22-,25+,26+/m0/s1. The summed E-state index contributed by atoms with van der Waals surface area (Å²) in [6, 6.07) is 23.4. The number of nitro groups is 1. The van der Waals surface area contributed by atoms with Crippen LogP contribution >= 0.6 is 0 Å². The maximum absolute atomic E-state index is 11.1. The molecule has 2 fully saturated rings. The molecule has 2 saturated heterocycles. The molecule has 2 N–H and O–H groups in total. The number of nitrogens with zero attached hydrogens (tertiary/aromatic N) is 2. The number of non-ortho nitro benzene ring substituents is 1. The first-order chi connectivity index (χ1) is 15.0. The molecule has 5 heteroatoms. The van der Waals surface area contributed by atoms with Gasteiger partial charge in [0.1, 0.15) is 0 Å². The van der Waals surface area contributed by atoms with Gasteiger partial charge in [0.15, 0.2) is 0 Å². The van der Waals surface area contributed by atoms with E-state index < -0.39 is 0 Å². The molecule has 2 aliphatic heterocycles. The molecular formula is C26H27N3O2. The highest BCUT2D eigenvalue weighted by Crippen LogP contribution is 2.39. The molecule has 158 valence electrons. The van der Waals surface area contributed by atoms with Crippen LogP contribution < -0.4 is 5.73 Å². The average molecular weight is 414 g/mol. The fourth-order valence-corrected chi connectivity index (χ4v) is 5.28. The highest BCUT2D eigenvalue weighted by molar-refractivity contribution is 5.84. The largest absolute Gasteiger partial charge is 0.326 e. The summed E-state index contributed by atoms with van der Waals surface area (Å²) < 4.78 is 0. The van der Waals surface area contributed by atoms with Crippen molar-refractivity contribution in [2.75, 3.05) is 0 Å². The molecule has 31 heavy (non-hydrogen) atoms. The van der Waals surface area contributed by atoms with E-state index in [4.69, 9.17) is 5.73 Å². The molecule has 3 aromatic carbocycles. The van der Waals surface area contributed by atoms with Gasteiger partial charge in [0.25, 0.3) is 5.69 Å². The second kappa shape index (κ2) is 7.91. The van der Waals surface area contributed by atoms with Crippen LogP contribution in [0.2, 0.25) is 0 Å². The Morgan fingerprint density at radius 3 is 2.26 bits per heavy atom. The van der Waals surface area contributed by atoms with Crippen molar-refractivity contribution in [3.05, 3.63) is 88.0 Å². The smallest absolute Gasteiger partial charge is 0.269 e. The summed E-state index contributed by atoms with van der Waals surface area (Å²) in [5.41, 5.74) is 13.3. The van der Waals surface area contributed by atoms with Crippen LogP contribution in [-0.4, -0.2) is 27.9 Å². The normalized spacial score (nSPS) is 22.7. The number of rotatable bonds is 5. The second-order valence-electron chi connectivity index (χ2n) is 8.92. The molecule has 0 amide bonds. The van der Waals surface area contributed by atoms with Crippen molar-refractivity contribution in [2.24, 2.45) is 5.73 Å². The van der Waals surface area contributed by atoms with Gasteiger partial charge < -0.3 is 5.73 Å². The molecule has 2 heterocycles. The third kappa shape index (κ3) is 3.75. The fraction of sp³-hybridized carbons (Fsp3) is 0.308. The SMILES string of the molecule is Cc1ccc(-c2ccc(CN3[C@H]4CC[C@@H]3[C@H](N)C4)cc2-c2ccc([N+](=O)[O-])cc2)cc1. The first-order valence-electron chi connectivity index (χ1n) is 11.0. The summed E-state index contributed by atoms with van der Waals surface area (Å²) in [6.07, 6.45) is 3.54. The van der Waals surface area contributed by atoms with Crippen LogP contribution in [0.1, 0.15) is 30.4 Å². The lowest BCUT2D eigenvalue weighted by Gasteiger charge is -2.23. The van der Waals surface area contributed by atoms with Gasteiger partial charge in [-0.3, -0.25) is 15.0 Å². The second-order valence-corrected chi connectivity index (χ2v) is 8.92.